The van der Waals surface area contributed by atoms with Gasteiger partial charge in [0.1, 0.15) is 18.0 Å². The van der Waals surface area contributed by atoms with E-state index in [9.17, 15) is 14.3 Å². The number of carboxylic acids is 1. The maximum atomic E-state index is 13.5. The third-order valence-electron chi connectivity index (χ3n) is 5.41. The van der Waals surface area contributed by atoms with Crippen molar-refractivity contribution in [3.05, 3.63) is 77.7 Å². The van der Waals surface area contributed by atoms with Gasteiger partial charge in [-0.3, -0.25) is 0 Å². The minimum absolute atomic E-state index is 0.0848. The van der Waals surface area contributed by atoms with Gasteiger partial charge in [-0.25, -0.2) is 15.0 Å². The van der Waals surface area contributed by atoms with Crippen LogP contribution in [-0.4, -0.2) is 47.0 Å². The lowest BCUT2D eigenvalue weighted by molar-refractivity contribution is -0.299. The average Bonchev–Trinajstić information content (AvgIpc) is 2.78. The number of aliphatic carboxylic acids is 1. The van der Waals surface area contributed by atoms with Gasteiger partial charge in [-0.1, -0.05) is 42.5 Å². The molecule has 5 atom stereocenters. The SMILES string of the molecule is N/C(=C\N(N)C1CC(C(=O)O)OC2COC(c3ccccc3)OC21)c1cccc(F)c1. The zero-order chi connectivity index (χ0) is 22.0. The van der Waals surface area contributed by atoms with E-state index in [-0.39, 0.29) is 18.7 Å². The van der Waals surface area contributed by atoms with Gasteiger partial charge in [0.2, 0.25) is 0 Å². The molecule has 4 rings (SSSR count). The molecule has 0 aromatic heterocycles. The molecule has 2 fully saturated rings. The number of benzene rings is 2. The van der Waals surface area contributed by atoms with Crippen molar-refractivity contribution in [1.29, 1.82) is 0 Å². The van der Waals surface area contributed by atoms with Crippen LogP contribution < -0.4 is 11.6 Å². The summed E-state index contributed by atoms with van der Waals surface area (Å²) < 4.78 is 31.2. The first-order chi connectivity index (χ1) is 14.9. The van der Waals surface area contributed by atoms with Crippen molar-refractivity contribution in [2.24, 2.45) is 11.6 Å². The summed E-state index contributed by atoms with van der Waals surface area (Å²) in [6, 6.07) is 14.7. The van der Waals surface area contributed by atoms with Crippen LogP contribution in [0.4, 0.5) is 4.39 Å². The monoisotopic (exact) mass is 429 g/mol. The molecule has 2 saturated heterocycles. The van der Waals surface area contributed by atoms with E-state index in [2.05, 4.69) is 0 Å². The molecule has 0 spiro atoms. The molecule has 5 unspecified atom stereocenters. The van der Waals surface area contributed by atoms with Crippen LogP contribution in [-0.2, 0) is 19.0 Å². The number of hydrogen-bond donors (Lipinski definition) is 3. The molecule has 2 aromatic carbocycles. The summed E-state index contributed by atoms with van der Waals surface area (Å²) in [5.41, 5.74) is 7.65. The van der Waals surface area contributed by atoms with E-state index in [0.29, 0.717) is 5.56 Å². The average molecular weight is 429 g/mol. The number of halogens is 1. The van der Waals surface area contributed by atoms with E-state index < -0.39 is 42.4 Å². The number of carbonyl (C=O) groups is 1. The van der Waals surface area contributed by atoms with Crippen LogP contribution in [0.1, 0.15) is 23.8 Å². The maximum Gasteiger partial charge on any atom is 0.332 e. The molecule has 0 saturated carbocycles. The molecule has 5 N–H and O–H groups in total. The van der Waals surface area contributed by atoms with Gasteiger partial charge in [0, 0.05) is 23.7 Å². The van der Waals surface area contributed by atoms with Crippen molar-refractivity contribution in [2.75, 3.05) is 6.61 Å². The van der Waals surface area contributed by atoms with Gasteiger partial charge in [-0.05, 0) is 12.1 Å². The third-order valence-corrected chi connectivity index (χ3v) is 5.41. The highest BCUT2D eigenvalue weighted by molar-refractivity contribution is 5.72. The standard InChI is InChI=1S/C22H24FN3O5/c23-15-8-4-7-14(9-15)16(24)11-26(25)17-10-18(21(27)28)30-19-12-29-22(31-20(17)19)13-5-2-1-3-6-13/h1-9,11,17-20,22H,10,12,24-25H2,(H,27,28)/b16-11-. The fraction of sp³-hybridized carbons (Fsp3) is 0.318. The molecular formula is C22H24FN3O5. The highest BCUT2D eigenvalue weighted by Gasteiger charge is 2.47. The molecule has 2 heterocycles. The van der Waals surface area contributed by atoms with Crippen molar-refractivity contribution < 1.29 is 28.5 Å². The Morgan fingerprint density at radius 3 is 2.65 bits per heavy atom. The zero-order valence-corrected chi connectivity index (χ0v) is 16.6. The molecule has 31 heavy (non-hydrogen) atoms. The van der Waals surface area contributed by atoms with E-state index in [1.54, 1.807) is 12.1 Å². The van der Waals surface area contributed by atoms with Crippen molar-refractivity contribution in [2.45, 2.75) is 37.1 Å². The predicted molar refractivity (Wildman–Crippen MR) is 109 cm³/mol. The lowest BCUT2D eigenvalue weighted by Crippen LogP contribution is -2.61. The lowest BCUT2D eigenvalue weighted by Gasteiger charge is -2.47. The van der Waals surface area contributed by atoms with Crippen LogP contribution in [0.2, 0.25) is 0 Å². The Kier molecular flexibility index (Phi) is 6.19. The van der Waals surface area contributed by atoms with Crippen molar-refractivity contribution in [3.63, 3.8) is 0 Å². The van der Waals surface area contributed by atoms with Crippen molar-refractivity contribution in [3.8, 4) is 0 Å². The summed E-state index contributed by atoms with van der Waals surface area (Å²) >= 11 is 0. The van der Waals surface area contributed by atoms with Crippen LogP contribution >= 0.6 is 0 Å². The molecule has 2 aromatic rings. The Morgan fingerprint density at radius 2 is 1.94 bits per heavy atom. The van der Waals surface area contributed by atoms with Crippen LogP contribution in [0, 0.1) is 5.82 Å². The normalized spacial score (nSPS) is 28.6. The number of fused-ring (bicyclic) bond motifs is 1. The zero-order valence-electron chi connectivity index (χ0n) is 16.6. The minimum Gasteiger partial charge on any atom is -0.479 e. The topological polar surface area (TPSA) is 120 Å². The number of carboxylic acid groups (broad SMARTS) is 1. The maximum absolute atomic E-state index is 13.5. The fourth-order valence-electron chi connectivity index (χ4n) is 3.86. The lowest BCUT2D eigenvalue weighted by atomic mass is 9.93. The smallest absolute Gasteiger partial charge is 0.332 e. The molecule has 8 nitrogen and oxygen atoms in total. The Hall–Kier alpha value is -2.98. The third kappa shape index (κ3) is 4.70. The molecule has 164 valence electrons. The van der Waals surface area contributed by atoms with E-state index in [1.807, 2.05) is 30.3 Å². The number of nitrogens with zero attached hydrogens (tertiary/aromatic N) is 1. The van der Waals surface area contributed by atoms with E-state index in [1.165, 1.54) is 23.3 Å². The molecule has 2 aliphatic heterocycles. The number of ether oxygens (including phenoxy) is 3. The number of hydrazine groups is 1. The van der Waals surface area contributed by atoms with Gasteiger partial charge >= 0.3 is 5.97 Å². The second-order valence-corrected chi connectivity index (χ2v) is 7.52. The van der Waals surface area contributed by atoms with Gasteiger partial charge in [0.15, 0.2) is 12.4 Å². The highest BCUT2D eigenvalue weighted by atomic mass is 19.1. The first-order valence-corrected chi connectivity index (χ1v) is 9.89. The Labute approximate surface area is 178 Å². The quantitative estimate of drug-likeness (QED) is 0.488. The Balaban J connectivity index is 1.59. The second-order valence-electron chi connectivity index (χ2n) is 7.52. The summed E-state index contributed by atoms with van der Waals surface area (Å²) in [5, 5.41) is 10.8. The van der Waals surface area contributed by atoms with Crippen molar-refractivity contribution >= 4 is 11.7 Å². The molecule has 0 amide bonds. The van der Waals surface area contributed by atoms with Crippen LogP contribution in [0.25, 0.3) is 5.70 Å². The molecule has 0 aliphatic carbocycles. The Morgan fingerprint density at radius 1 is 1.16 bits per heavy atom. The fourth-order valence-corrected chi connectivity index (χ4v) is 3.86. The van der Waals surface area contributed by atoms with Gasteiger partial charge < -0.3 is 30.1 Å². The van der Waals surface area contributed by atoms with E-state index >= 15 is 0 Å². The molecule has 0 radical (unpaired) electrons. The van der Waals surface area contributed by atoms with Crippen LogP contribution in [0.5, 0.6) is 0 Å². The summed E-state index contributed by atoms with van der Waals surface area (Å²) in [6.45, 7) is 0.154. The summed E-state index contributed by atoms with van der Waals surface area (Å²) in [5.74, 6) is 4.78. The van der Waals surface area contributed by atoms with Crippen LogP contribution in [0.15, 0.2) is 60.8 Å². The number of rotatable bonds is 5. The molecule has 2 aliphatic rings. The minimum atomic E-state index is -1.09. The van der Waals surface area contributed by atoms with Crippen molar-refractivity contribution in [1.82, 2.24) is 5.01 Å². The van der Waals surface area contributed by atoms with E-state index in [0.717, 1.165) is 5.56 Å². The molecule has 9 heteroatoms. The van der Waals surface area contributed by atoms with E-state index in [4.69, 9.17) is 25.8 Å². The predicted octanol–water partition coefficient (Wildman–Crippen LogP) is 1.98. The molecular weight excluding hydrogens is 405 g/mol. The van der Waals surface area contributed by atoms with Gasteiger partial charge in [-0.2, -0.15) is 0 Å². The Bertz CT molecular complexity index is 957. The summed E-state index contributed by atoms with van der Waals surface area (Å²) in [6.07, 6.45) is -1.33. The second kappa shape index (κ2) is 9.03. The van der Waals surface area contributed by atoms with Crippen LogP contribution in [0.3, 0.4) is 0 Å². The first-order valence-electron chi connectivity index (χ1n) is 9.89. The van der Waals surface area contributed by atoms with Gasteiger partial charge in [0.25, 0.3) is 0 Å². The molecule has 0 bridgehead atoms. The van der Waals surface area contributed by atoms with Gasteiger partial charge in [-0.15, -0.1) is 0 Å². The number of hydrogen-bond acceptors (Lipinski definition) is 7. The number of nitrogens with two attached hydrogens (primary N) is 2. The summed E-state index contributed by atoms with van der Waals surface area (Å²) in [7, 11) is 0. The first kappa shape index (κ1) is 21.3. The largest absolute Gasteiger partial charge is 0.479 e. The highest BCUT2D eigenvalue weighted by Crippen LogP contribution is 2.35. The summed E-state index contributed by atoms with van der Waals surface area (Å²) in [4.78, 5) is 11.6. The van der Waals surface area contributed by atoms with Gasteiger partial charge in [0.05, 0.1) is 18.3 Å².